The van der Waals surface area contributed by atoms with E-state index in [0.717, 1.165) is 12.8 Å². The lowest BCUT2D eigenvalue weighted by Crippen LogP contribution is -2.13. The van der Waals surface area contributed by atoms with Crippen LogP contribution in [0.2, 0.25) is 0 Å². The van der Waals surface area contributed by atoms with Crippen LogP contribution in [-0.2, 0) is 4.79 Å². The lowest BCUT2D eigenvalue weighted by molar-refractivity contribution is -0.121. The molecule has 0 aromatic heterocycles. The predicted molar refractivity (Wildman–Crippen MR) is 67.0 cm³/mol. The second-order valence-corrected chi connectivity index (χ2v) is 5.14. The van der Waals surface area contributed by atoms with E-state index in [1.54, 1.807) is 6.92 Å². The Morgan fingerprint density at radius 3 is 2.13 bits per heavy atom. The fourth-order valence-electron chi connectivity index (χ4n) is 2.05. The number of rotatable bonds is 9. The Morgan fingerprint density at radius 2 is 1.67 bits per heavy atom. The van der Waals surface area contributed by atoms with Crippen molar-refractivity contribution in [3.63, 3.8) is 0 Å². The van der Waals surface area contributed by atoms with E-state index in [-0.39, 0.29) is 0 Å². The first-order valence-electron chi connectivity index (χ1n) is 6.58. The third kappa shape index (κ3) is 8.65. The van der Waals surface area contributed by atoms with Crippen molar-refractivity contribution in [3.8, 4) is 0 Å². The molecule has 0 amide bonds. The summed E-state index contributed by atoms with van der Waals surface area (Å²) in [5, 5.41) is 0. The molecule has 0 aromatic carbocycles. The number of carbonyl (C=O) groups excluding carboxylic acids is 1. The zero-order chi connectivity index (χ0) is 11.7. The van der Waals surface area contributed by atoms with Gasteiger partial charge in [0, 0.05) is 5.92 Å². The highest BCUT2D eigenvalue weighted by Gasteiger charge is 2.14. The standard InChI is InChI=1S/C14H28O/c1-5-6-7-8-9-10-14(13(4)15)11-12(2)3/h12,14H,5-11H2,1-4H3. The topological polar surface area (TPSA) is 17.1 Å². The lowest BCUT2D eigenvalue weighted by Gasteiger charge is -2.15. The molecule has 0 aliphatic rings. The van der Waals surface area contributed by atoms with Gasteiger partial charge in [0.15, 0.2) is 0 Å². The number of ketones is 1. The predicted octanol–water partition coefficient (Wildman–Crippen LogP) is 4.60. The molecule has 0 rings (SSSR count). The fraction of sp³-hybridized carbons (Fsp3) is 0.929. The van der Waals surface area contributed by atoms with Crippen LogP contribution in [0.25, 0.3) is 0 Å². The molecular formula is C14H28O. The van der Waals surface area contributed by atoms with Gasteiger partial charge in [0.25, 0.3) is 0 Å². The van der Waals surface area contributed by atoms with Crippen molar-refractivity contribution in [2.24, 2.45) is 11.8 Å². The fourth-order valence-corrected chi connectivity index (χ4v) is 2.05. The summed E-state index contributed by atoms with van der Waals surface area (Å²) in [4.78, 5) is 11.4. The van der Waals surface area contributed by atoms with Crippen LogP contribution in [0.1, 0.15) is 72.6 Å². The highest BCUT2D eigenvalue weighted by Crippen LogP contribution is 2.20. The second kappa shape index (κ2) is 8.94. The van der Waals surface area contributed by atoms with Gasteiger partial charge in [-0.3, -0.25) is 4.79 Å². The van der Waals surface area contributed by atoms with Crippen LogP contribution in [0, 0.1) is 11.8 Å². The summed E-state index contributed by atoms with van der Waals surface area (Å²) in [6, 6.07) is 0. The summed E-state index contributed by atoms with van der Waals surface area (Å²) in [5.41, 5.74) is 0. The van der Waals surface area contributed by atoms with Crippen LogP contribution in [0.3, 0.4) is 0 Å². The molecule has 90 valence electrons. The van der Waals surface area contributed by atoms with Crippen molar-refractivity contribution in [3.05, 3.63) is 0 Å². The van der Waals surface area contributed by atoms with Gasteiger partial charge in [-0.05, 0) is 25.7 Å². The van der Waals surface area contributed by atoms with Gasteiger partial charge in [-0.25, -0.2) is 0 Å². The van der Waals surface area contributed by atoms with Gasteiger partial charge in [-0.1, -0.05) is 52.9 Å². The lowest BCUT2D eigenvalue weighted by atomic mass is 9.89. The Balaban J connectivity index is 3.62. The minimum Gasteiger partial charge on any atom is -0.300 e. The van der Waals surface area contributed by atoms with Gasteiger partial charge in [-0.2, -0.15) is 0 Å². The molecule has 0 spiro atoms. The van der Waals surface area contributed by atoms with Crippen molar-refractivity contribution in [2.75, 3.05) is 0 Å². The van der Waals surface area contributed by atoms with Gasteiger partial charge < -0.3 is 0 Å². The number of Topliss-reactive ketones (excluding diaryl/α,β-unsaturated/α-hetero) is 1. The van der Waals surface area contributed by atoms with Crippen LogP contribution < -0.4 is 0 Å². The Bertz CT molecular complexity index is 161. The zero-order valence-corrected chi connectivity index (χ0v) is 11.0. The Kier molecular flexibility index (Phi) is 8.74. The summed E-state index contributed by atoms with van der Waals surface area (Å²) in [6.07, 6.45) is 8.69. The maximum Gasteiger partial charge on any atom is 0.132 e. The monoisotopic (exact) mass is 212 g/mol. The van der Waals surface area contributed by atoms with E-state index in [1.165, 1.54) is 32.1 Å². The van der Waals surface area contributed by atoms with E-state index in [0.29, 0.717) is 17.6 Å². The number of carbonyl (C=O) groups is 1. The van der Waals surface area contributed by atoms with E-state index in [2.05, 4.69) is 20.8 Å². The molecular weight excluding hydrogens is 184 g/mol. The normalized spacial score (nSPS) is 13.1. The first-order valence-corrected chi connectivity index (χ1v) is 6.58. The highest BCUT2D eigenvalue weighted by atomic mass is 16.1. The molecule has 0 bridgehead atoms. The van der Waals surface area contributed by atoms with Crippen molar-refractivity contribution in [1.82, 2.24) is 0 Å². The van der Waals surface area contributed by atoms with Crippen molar-refractivity contribution in [1.29, 1.82) is 0 Å². The van der Waals surface area contributed by atoms with Crippen LogP contribution in [0.4, 0.5) is 0 Å². The van der Waals surface area contributed by atoms with Crippen molar-refractivity contribution >= 4 is 5.78 Å². The maximum atomic E-state index is 11.4. The molecule has 1 unspecified atom stereocenters. The van der Waals surface area contributed by atoms with Gasteiger partial charge in [0.2, 0.25) is 0 Å². The van der Waals surface area contributed by atoms with Crippen LogP contribution >= 0.6 is 0 Å². The Hall–Kier alpha value is -0.330. The van der Waals surface area contributed by atoms with Gasteiger partial charge in [-0.15, -0.1) is 0 Å². The molecule has 1 heteroatoms. The summed E-state index contributed by atoms with van der Waals surface area (Å²) in [6.45, 7) is 8.39. The van der Waals surface area contributed by atoms with Gasteiger partial charge in [0.05, 0.1) is 0 Å². The molecule has 0 radical (unpaired) electrons. The first-order chi connectivity index (χ1) is 7.07. The van der Waals surface area contributed by atoms with E-state index in [9.17, 15) is 4.79 Å². The molecule has 0 heterocycles. The number of hydrogen-bond donors (Lipinski definition) is 0. The van der Waals surface area contributed by atoms with E-state index in [1.807, 2.05) is 0 Å². The van der Waals surface area contributed by atoms with Crippen LogP contribution in [0.5, 0.6) is 0 Å². The largest absolute Gasteiger partial charge is 0.300 e. The molecule has 0 N–H and O–H groups in total. The van der Waals surface area contributed by atoms with Gasteiger partial charge >= 0.3 is 0 Å². The Labute approximate surface area is 95.6 Å². The maximum absolute atomic E-state index is 11.4. The second-order valence-electron chi connectivity index (χ2n) is 5.14. The van der Waals surface area contributed by atoms with Crippen LogP contribution in [-0.4, -0.2) is 5.78 Å². The Morgan fingerprint density at radius 1 is 1.07 bits per heavy atom. The average Bonchev–Trinajstić information content (AvgIpc) is 2.15. The highest BCUT2D eigenvalue weighted by molar-refractivity contribution is 5.78. The molecule has 0 saturated carbocycles. The molecule has 15 heavy (non-hydrogen) atoms. The minimum atomic E-state index is 0.326. The smallest absolute Gasteiger partial charge is 0.132 e. The first kappa shape index (κ1) is 14.7. The molecule has 0 aromatic rings. The summed E-state index contributed by atoms with van der Waals surface area (Å²) in [5.74, 6) is 1.36. The average molecular weight is 212 g/mol. The SMILES string of the molecule is CCCCCCCC(CC(C)C)C(C)=O. The minimum absolute atomic E-state index is 0.326. The van der Waals surface area contributed by atoms with Crippen LogP contribution in [0.15, 0.2) is 0 Å². The molecule has 0 fully saturated rings. The van der Waals surface area contributed by atoms with Crippen molar-refractivity contribution in [2.45, 2.75) is 72.6 Å². The molecule has 0 aliphatic heterocycles. The molecule has 1 atom stereocenters. The zero-order valence-electron chi connectivity index (χ0n) is 11.0. The summed E-state index contributed by atoms with van der Waals surface area (Å²) < 4.78 is 0. The van der Waals surface area contributed by atoms with E-state index < -0.39 is 0 Å². The molecule has 1 nitrogen and oxygen atoms in total. The summed E-state index contributed by atoms with van der Waals surface area (Å²) in [7, 11) is 0. The van der Waals surface area contributed by atoms with Crippen molar-refractivity contribution < 1.29 is 4.79 Å². The quantitative estimate of drug-likeness (QED) is 0.511. The third-order valence-electron chi connectivity index (χ3n) is 2.99. The van der Waals surface area contributed by atoms with E-state index in [4.69, 9.17) is 0 Å². The third-order valence-corrected chi connectivity index (χ3v) is 2.99. The number of unbranched alkanes of at least 4 members (excludes halogenated alkanes) is 4. The van der Waals surface area contributed by atoms with E-state index >= 15 is 0 Å². The number of hydrogen-bond acceptors (Lipinski definition) is 1. The van der Waals surface area contributed by atoms with Gasteiger partial charge in [0.1, 0.15) is 5.78 Å². The molecule has 0 saturated heterocycles. The molecule has 0 aliphatic carbocycles. The summed E-state index contributed by atoms with van der Waals surface area (Å²) >= 11 is 0.